The Morgan fingerprint density at radius 3 is 2.28 bits per heavy atom. The number of dihydropyridines is 1. The lowest BCUT2D eigenvalue weighted by atomic mass is 9.79. The van der Waals surface area contributed by atoms with Crippen LogP contribution < -0.4 is 5.32 Å². The van der Waals surface area contributed by atoms with Crippen LogP contribution in [0.15, 0.2) is 77.1 Å². The molecular formula is C27H29ClN2O6. The molecule has 0 aliphatic carbocycles. The number of nitrogens with zero attached hydrogens (tertiary/aromatic N) is 1. The van der Waals surface area contributed by atoms with Crippen LogP contribution in [0.5, 0.6) is 0 Å². The number of allylic oxidation sites excluding steroid dienone is 2. The second-order valence-corrected chi connectivity index (χ2v) is 8.73. The van der Waals surface area contributed by atoms with E-state index in [2.05, 4.69) is 5.32 Å². The van der Waals surface area contributed by atoms with Crippen LogP contribution in [-0.4, -0.2) is 30.1 Å². The first-order valence-corrected chi connectivity index (χ1v) is 12.2. The smallest absolute Gasteiger partial charge is 0.336 e. The number of ether oxygens (including phenoxy) is 2. The van der Waals surface area contributed by atoms with Gasteiger partial charge in [-0.25, -0.2) is 9.59 Å². The number of esters is 2. The van der Waals surface area contributed by atoms with Gasteiger partial charge in [0, 0.05) is 23.5 Å². The summed E-state index contributed by atoms with van der Waals surface area (Å²) in [5.74, 6) is -2.14. The van der Waals surface area contributed by atoms with Crippen LogP contribution in [0.4, 0.5) is 5.69 Å². The number of carbonyl (C=O) groups excluding carboxylic acids is 2. The van der Waals surface area contributed by atoms with E-state index < -0.39 is 22.8 Å². The summed E-state index contributed by atoms with van der Waals surface area (Å²) in [5.41, 5.74) is 2.68. The van der Waals surface area contributed by atoms with Gasteiger partial charge in [-0.1, -0.05) is 42.5 Å². The molecule has 0 saturated carbocycles. The first-order chi connectivity index (χ1) is 17.3. The Kier molecular flexibility index (Phi) is 9.25. The molecule has 2 unspecified atom stereocenters. The molecular weight excluding hydrogens is 484 g/mol. The molecule has 36 heavy (non-hydrogen) atoms. The van der Waals surface area contributed by atoms with Crippen LogP contribution >= 0.6 is 11.6 Å². The SMILES string of the molecule is CCOC(=O)C1=C(C)NC(CCC(Cl)c2ccccc2)=C(C(=O)OCC)C1c1cccc([N+](=O)[O-])c1. The van der Waals surface area contributed by atoms with Gasteiger partial charge in [0.1, 0.15) is 0 Å². The highest BCUT2D eigenvalue weighted by Crippen LogP contribution is 2.42. The minimum absolute atomic E-state index is 0.122. The summed E-state index contributed by atoms with van der Waals surface area (Å²) in [4.78, 5) is 37.3. The first-order valence-electron chi connectivity index (χ1n) is 11.8. The van der Waals surface area contributed by atoms with E-state index in [0.717, 1.165) is 5.56 Å². The Morgan fingerprint density at radius 1 is 1.03 bits per heavy atom. The molecule has 1 N–H and O–H groups in total. The summed E-state index contributed by atoms with van der Waals surface area (Å²) in [5, 5.41) is 14.4. The van der Waals surface area contributed by atoms with Gasteiger partial charge < -0.3 is 14.8 Å². The predicted octanol–water partition coefficient (Wildman–Crippen LogP) is 5.70. The van der Waals surface area contributed by atoms with Crippen molar-refractivity contribution >= 4 is 29.2 Å². The largest absolute Gasteiger partial charge is 0.463 e. The molecule has 2 atom stereocenters. The molecule has 0 amide bonds. The summed E-state index contributed by atoms with van der Waals surface area (Å²) >= 11 is 6.65. The normalized spacial score (nSPS) is 16.3. The van der Waals surface area contributed by atoms with Crippen molar-refractivity contribution < 1.29 is 24.0 Å². The number of nitrogens with one attached hydrogen (secondary N) is 1. The molecule has 8 nitrogen and oxygen atoms in total. The molecule has 9 heteroatoms. The number of hydrogen-bond donors (Lipinski definition) is 1. The first kappa shape index (κ1) is 26.9. The number of alkyl halides is 1. The third-order valence-electron chi connectivity index (χ3n) is 5.86. The number of nitro groups is 1. The van der Waals surface area contributed by atoms with Gasteiger partial charge in [-0.05, 0) is 44.7 Å². The Balaban J connectivity index is 2.12. The third-order valence-corrected chi connectivity index (χ3v) is 6.33. The highest BCUT2D eigenvalue weighted by Gasteiger charge is 2.39. The summed E-state index contributed by atoms with van der Waals surface area (Å²) in [6.45, 7) is 5.34. The Morgan fingerprint density at radius 2 is 1.67 bits per heavy atom. The quantitative estimate of drug-likeness (QED) is 0.188. The number of hydrogen-bond acceptors (Lipinski definition) is 7. The molecule has 1 heterocycles. The Bertz CT molecular complexity index is 1190. The summed E-state index contributed by atoms with van der Waals surface area (Å²) in [6, 6.07) is 15.5. The second-order valence-electron chi connectivity index (χ2n) is 8.20. The van der Waals surface area contributed by atoms with Gasteiger partial charge in [0.05, 0.1) is 40.6 Å². The molecule has 0 aromatic heterocycles. The molecule has 0 radical (unpaired) electrons. The van der Waals surface area contributed by atoms with E-state index in [4.69, 9.17) is 21.1 Å². The van der Waals surface area contributed by atoms with Crippen LogP contribution in [0.3, 0.4) is 0 Å². The molecule has 1 aliphatic heterocycles. The molecule has 3 rings (SSSR count). The Labute approximate surface area is 215 Å². The van der Waals surface area contributed by atoms with Crippen molar-refractivity contribution in [2.75, 3.05) is 13.2 Å². The minimum atomic E-state index is -0.912. The fourth-order valence-corrected chi connectivity index (χ4v) is 4.53. The summed E-state index contributed by atoms with van der Waals surface area (Å²) < 4.78 is 10.7. The molecule has 0 fully saturated rings. The standard InChI is InChI=1S/C27H29ClN2O6/c1-4-35-26(31)23-17(3)29-22(15-14-21(28)18-10-7-6-8-11-18)25(27(32)36-5-2)24(23)19-12-9-13-20(16-19)30(33)34/h6-13,16,21,24,29H,4-5,14-15H2,1-3H3. The van der Waals surface area contributed by atoms with E-state index in [1.807, 2.05) is 30.3 Å². The van der Waals surface area contributed by atoms with Gasteiger partial charge in [-0.15, -0.1) is 11.6 Å². The molecule has 190 valence electrons. The van der Waals surface area contributed by atoms with E-state index >= 15 is 0 Å². The van der Waals surface area contributed by atoms with E-state index in [9.17, 15) is 19.7 Å². The van der Waals surface area contributed by atoms with Gasteiger partial charge in [0.25, 0.3) is 5.69 Å². The summed E-state index contributed by atoms with van der Waals surface area (Å²) in [6.07, 6.45) is 0.885. The molecule has 0 saturated heterocycles. The molecule has 2 aromatic carbocycles. The minimum Gasteiger partial charge on any atom is -0.463 e. The van der Waals surface area contributed by atoms with Gasteiger partial charge in [0.2, 0.25) is 0 Å². The van der Waals surface area contributed by atoms with E-state index in [0.29, 0.717) is 29.8 Å². The summed E-state index contributed by atoms with van der Waals surface area (Å²) in [7, 11) is 0. The van der Waals surface area contributed by atoms with Crippen molar-refractivity contribution in [2.24, 2.45) is 0 Å². The monoisotopic (exact) mass is 512 g/mol. The second kappa shape index (κ2) is 12.4. The predicted molar refractivity (Wildman–Crippen MR) is 136 cm³/mol. The van der Waals surface area contributed by atoms with E-state index in [1.165, 1.54) is 18.2 Å². The number of carbonyl (C=O) groups is 2. The lowest BCUT2D eigenvalue weighted by Gasteiger charge is -2.32. The fraction of sp³-hybridized carbons (Fsp3) is 0.333. The maximum Gasteiger partial charge on any atom is 0.336 e. The van der Waals surface area contributed by atoms with Crippen LogP contribution in [0.2, 0.25) is 0 Å². The maximum atomic E-state index is 13.3. The number of non-ortho nitro benzene ring substituents is 1. The number of halogens is 1. The highest BCUT2D eigenvalue weighted by molar-refractivity contribution is 6.20. The van der Waals surface area contributed by atoms with Crippen molar-refractivity contribution in [1.82, 2.24) is 5.32 Å². The van der Waals surface area contributed by atoms with Crippen molar-refractivity contribution in [3.63, 3.8) is 0 Å². The van der Waals surface area contributed by atoms with Crippen LogP contribution in [-0.2, 0) is 19.1 Å². The van der Waals surface area contributed by atoms with Crippen LogP contribution in [0.1, 0.15) is 56.0 Å². The average Bonchev–Trinajstić information content (AvgIpc) is 2.87. The van der Waals surface area contributed by atoms with E-state index in [1.54, 1.807) is 26.8 Å². The van der Waals surface area contributed by atoms with Crippen LogP contribution in [0.25, 0.3) is 0 Å². The number of rotatable bonds is 10. The van der Waals surface area contributed by atoms with Crippen molar-refractivity contribution in [2.45, 2.75) is 44.9 Å². The lowest BCUT2D eigenvalue weighted by Crippen LogP contribution is -2.33. The van der Waals surface area contributed by atoms with Crippen molar-refractivity contribution in [1.29, 1.82) is 0 Å². The Hall–Kier alpha value is -3.65. The van der Waals surface area contributed by atoms with Gasteiger partial charge in [0.15, 0.2) is 0 Å². The van der Waals surface area contributed by atoms with Gasteiger partial charge >= 0.3 is 11.9 Å². The maximum absolute atomic E-state index is 13.3. The molecule has 0 bridgehead atoms. The zero-order valence-corrected chi connectivity index (χ0v) is 21.2. The van der Waals surface area contributed by atoms with Gasteiger partial charge in [-0.2, -0.15) is 0 Å². The van der Waals surface area contributed by atoms with Crippen LogP contribution in [0, 0.1) is 10.1 Å². The topological polar surface area (TPSA) is 108 Å². The van der Waals surface area contributed by atoms with E-state index in [-0.39, 0.29) is 35.4 Å². The molecule has 0 spiro atoms. The van der Waals surface area contributed by atoms with Gasteiger partial charge in [-0.3, -0.25) is 10.1 Å². The zero-order chi connectivity index (χ0) is 26.2. The molecule has 1 aliphatic rings. The highest BCUT2D eigenvalue weighted by atomic mass is 35.5. The van der Waals surface area contributed by atoms with Crippen molar-refractivity contribution in [3.8, 4) is 0 Å². The lowest BCUT2D eigenvalue weighted by molar-refractivity contribution is -0.384. The third kappa shape index (κ3) is 6.12. The van der Waals surface area contributed by atoms with Crippen molar-refractivity contribution in [3.05, 3.63) is 98.4 Å². The molecule has 2 aromatic rings. The average molecular weight is 513 g/mol. The fourth-order valence-electron chi connectivity index (χ4n) is 4.27. The number of nitro benzene ring substituents is 1. The zero-order valence-electron chi connectivity index (χ0n) is 20.5. The number of benzene rings is 2.